The van der Waals surface area contributed by atoms with E-state index >= 15 is 0 Å². The van der Waals surface area contributed by atoms with Crippen molar-refractivity contribution < 1.29 is 9.53 Å². The monoisotopic (exact) mass is 360 g/mol. The molecule has 0 fully saturated rings. The van der Waals surface area contributed by atoms with Gasteiger partial charge in [0.2, 0.25) is 0 Å². The summed E-state index contributed by atoms with van der Waals surface area (Å²) in [5.74, 6) is -0.278. The highest BCUT2D eigenvalue weighted by molar-refractivity contribution is 5.72. The summed E-state index contributed by atoms with van der Waals surface area (Å²) in [5.41, 5.74) is 3.66. The number of carbonyl (C=O) groups is 1. The zero-order valence-corrected chi connectivity index (χ0v) is 18.2. The zero-order chi connectivity index (χ0) is 20.2. The van der Waals surface area contributed by atoms with Crippen LogP contribution in [-0.2, 0) is 9.53 Å². The van der Waals surface area contributed by atoms with E-state index in [1.165, 1.54) is 16.7 Å². The van der Waals surface area contributed by atoms with Gasteiger partial charge in [-0.25, -0.2) is 0 Å². The molecule has 0 aromatic rings. The second-order valence-electron chi connectivity index (χ2n) is 8.09. The topological polar surface area (TPSA) is 26.3 Å². The first-order chi connectivity index (χ1) is 12.1. The number of allylic oxidation sites excluding steroid dienone is 6. The van der Waals surface area contributed by atoms with Crippen LogP contribution in [0.1, 0.15) is 87.0 Å². The van der Waals surface area contributed by atoms with Gasteiger partial charge in [0.1, 0.15) is 5.60 Å². The molecule has 0 aliphatic carbocycles. The highest BCUT2D eigenvalue weighted by Gasteiger charge is 2.25. The highest BCUT2D eigenvalue weighted by Crippen LogP contribution is 2.22. The third-order valence-corrected chi connectivity index (χ3v) is 4.49. The molecule has 0 spiro atoms. The first-order valence-electron chi connectivity index (χ1n) is 9.90. The predicted molar refractivity (Wildman–Crippen MR) is 114 cm³/mol. The molecular weight excluding hydrogens is 320 g/mol. The van der Waals surface area contributed by atoms with Crippen LogP contribution in [0.25, 0.3) is 0 Å². The van der Waals surface area contributed by atoms with Crippen molar-refractivity contribution in [2.24, 2.45) is 5.92 Å². The number of esters is 1. The van der Waals surface area contributed by atoms with Crippen molar-refractivity contribution in [3.63, 3.8) is 0 Å². The number of hydrogen-bond acceptors (Lipinski definition) is 2. The minimum absolute atomic E-state index is 0.113. The fourth-order valence-corrected chi connectivity index (χ4v) is 2.49. The Balaban J connectivity index is 4.33. The molecule has 0 radical (unpaired) electrons. The largest absolute Gasteiger partial charge is 0.455 e. The Hall–Kier alpha value is -1.57. The van der Waals surface area contributed by atoms with E-state index in [9.17, 15) is 4.79 Å². The molecule has 0 bridgehead atoms. The van der Waals surface area contributed by atoms with E-state index in [1.807, 2.05) is 20.8 Å². The maximum absolute atomic E-state index is 11.8. The lowest BCUT2D eigenvalue weighted by molar-refractivity contribution is -0.158. The van der Waals surface area contributed by atoms with Crippen molar-refractivity contribution in [1.82, 2.24) is 0 Å². The van der Waals surface area contributed by atoms with Crippen LogP contribution in [0.3, 0.4) is 0 Å². The average molecular weight is 361 g/mol. The Bertz CT molecular complexity index is 530. The van der Waals surface area contributed by atoms with Crippen LogP contribution >= 0.6 is 0 Å². The molecule has 0 saturated heterocycles. The third-order valence-electron chi connectivity index (χ3n) is 4.49. The fourth-order valence-electron chi connectivity index (χ4n) is 2.49. The fraction of sp³-hybridized carbons (Fsp3) is 0.625. The van der Waals surface area contributed by atoms with Gasteiger partial charge in [0.15, 0.2) is 0 Å². The lowest BCUT2D eigenvalue weighted by atomic mass is 9.98. The molecular formula is C24H40O2. The number of carbonyl (C=O) groups excluding carboxylic acids is 1. The molecule has 0 aromatic heterocycles. The van der Waals surface area contributed by atoms with Gasteiger partial charge < -0.3 is 4.74 Å². The molecule has 0 aromatic carbocycles. The van der Waals surface area contributed by atoms with Gasteiger partial charge in [0.25, 0.3) is 0 Å². The molecule has 1 unspecified atom stereocenters. The molecule has 0 N–H and O–H groups in total. The van der Waals surface area contributed by atoms with Crippen LogP contribution in [-0.4, -0.2) is 11.6 Å². The van der Waals surface area contributed by atoms with Gasteiger partial charge in [-0.3, -0.25) is 4.79 Å². The lowest BCUT2D eigenvalue weighted by Gasteiger charge is -2.26. The van der Waals surface area contributed by atoms with E-state index in [4.69, 9.17) is 4.74 Å². The summed E-state index contributed by atoms with van der Waals surface area (Å²) < 4.78 is 5.60. The van der Waals surface area contributed by atoms with Gasteiger partial charge in [-0.15, -0.1) is 0 Å². The molecule has 2 heteroatoms. The summed E-state index contributed by atoms with van der Waals surface area (Å²) in [6.45, 7) is 18.2. The molecule has 0 saturated carbocycles. The summed E-state index contributed by atoms with van der Waals surface area (Å²) in [7, 11) is 0. The van der Waals surface area contributed by atoms with E-state index < -0.39 is 5.60 Å². The second kappa shape index (κ2) is 12.7. The first kappa shape index (κ1) is 24.4. The van der Waals surface area contributed by atoms with E-state index in [-0.39, 0.29) is 11.9 Å². The Kier molecular flexibility index (Phi) is 12.0. The van der Waals surface area contributed by atoms with Crippen LogP contribution in [0.4, 0.5) is 0 Å². The standard InChI is InChI=1S/C24H40O2/c1-9-24(8,26-23(25)20(4)5)18-12-17-22(7)16-11-15-21(6)14-10-13-19(2)3/h9,13,15,17,20H,1,10-12,14,16,18H2,2-8H3/b21-15+,22-17+. The zero-order valence-electron chi connectivity index (χ0n) is 18.2. The van der Waals surface area contributed by atoms with Crippen LogP contribution in [0.15, 0.2) is 47.6 Å². The van der Waals surface area contributed by atoms with E-state index in [2.05, 4.69) is 52.5 Å². The van der Waals surface area contributed by atoms with Crippen LogP contribution in [0.2, 0.25) is 0 Å². The maximum atomic E-state index is 11.8. The molecule has 0 heterocycles. The normalized spacial score (nSPS) is 14.8. The molecule has 0 rings (SSSR count). The van der Waals surface area contributed by atoms with E-state index in [1.54, 1.807) is 6.08 Å². The first-order valence-corrected chi connectivity index (χ1v) is 9.90. The summed E-state index contributed by atoms with van der Waals surface area (Å²) in [6.07, 6.45) is 14.8. The van der Waals surface area contributed by atoms with Crippen molar-refractivity contribution in [3.05, 3.63) is 47.6 Å². The third kappa shape index (κ3) is 11.9. The smallest absolute Gasteiger partial charge is 0.309 e. The average Bonchev–Trinajstić information content (AvgIpc) is 2.54. The Labute approximate surface area is 162 Å². The van der Waals surface area contributed by atoms with Gasteiger partial charge >= 0.3 is 5.97 Å². The SMILES string of the molecule is C=CC(C)(CC/C=C(\C)CC/C=C(\C)CCC=C(C)C)OC(=O)C(C)C. The Morgan fingerprint density at radius 3 is 1.92 bits per heavy atom. The lowest BCUT2D eigenvalue weighted by Crippen LogP contribution is -2.31. The summed E-state index contributed by atoms with van der Waals surface area (Å²) >= 11 is 0. The Morgan fingerprint density at radius 1 is 0.962 bits per heavy atom. The molecule has 148 valence electrons. The Morgan fingerprint density at radius 2 is 1.46 bits per heavy atom. The maximum Gasteiger partial charge on any atom is 0.309 e. The van der Waals surface area contributed by atoms with Crippen LogP contribution < -0.4 is 0 Å². The predicted octanol–water partition coefficient (Wildman–Crippen LogP) is 7.33. The minimum atomic E-state index is -0.584. The number of rotatable bonds is 12. The quantitative estimate of drug-likeness (QED) is 0.269. The van der Waals surface area contributed by atoms with E-state index in [0.717, 1.165) is 38.5 Å². The van der Waals surface area contributed by atoms with Crippen LogP contribution in [0, 0.1) is 5.92 Å². The summed E-state index contributed by atoms with van der Waals surface area (Å²) in [5, 5.41) is 0. The summed E-state index contributed by atoms with van der Waals surface area (Å²) in [4.78, 5) is 11.8. The minimum Gasteiger partial charge on any atom is -0.455 e. The van der Waals surface area contributed by atoms with E-state index in [0.29, 0.717) is 0 Å². The molecule has 0 amide bonds. The van der Waals surface area contributed by atoms with Crippen molar-refractivity contribution in [2.75, 3.05) is 0 Å². The van der Waals surface area contributed by atoms with Crippen molar-refractivity contribution in [1.29, 1.82) is 0 Å². The molecule has 26 heavy (non-hydrogen) atoms. The van der Waals surface area contributed by atoms with Gasteiger partial charge in [-0.2, -0.15) is 0 Å². The second-order valence-corrected chi connectivity index (χ2v) is 8.09. The molecule has 1 atom stereocenters. The van der Waals surface area contributed by atoms with Gasteiger partial charge in [0.05, 0.1) is 5.92 Å². The van der Waals surface area contributed by atoms with Gasteiger partial charge in [0, 0.05) is 0 Å². The molecule has 0 aliphatic heterocycles. The highest BCUT2D eigenvalue weighted by atomic mass is 16.6. The number of ether oxygens (including phenoxy) is 1. The van der Waals surface area contributed by atoms with Gasteiger partial charge in [-0.05, 0) is 79.2 Å². The van der Waals surface area contributed by atoms with Crippen molar-refractivity contribution >= 4 is 5.97 Å². The summed E-state index contributed by atoms with van der Waals surface area (Å²) in [6, 6.07) is 0. The van der Waals surface area contributed by atoms with Crippen molar-refractivity contribution in [3.8, 4) is 0 Å². The van der Waals surface area contributed by atoms with Gasteiger partial charge in [-0.1, -0.05) is 55.4 Å². The number of hydrogen-bond donors (Lipinski definition) is 0. The molecule has 2 nitrogen and oxygen atoms in total. The van der Waals surface area contributed by atoms with Crippen molar-refractivity contribution in [2.45, 2.75) is 92.6 Å². The van der Waals surface area contributed by atoms with Crippen LogP contribution in [0.5, 0.6) is 0 Å². The molecule has 0 aliphatic rings.